The number of pyridine rings is 1. The largest absolute Gasteiger partial charge is 0.465 e. The van der Waals surface area contributed by atoms with E-state index >= 15 is 0 Å². The SMILES string of the molecule is O=C(O)NC1(c2ccc(-c3ccc(COCc4cccnc4)cc3)cc2)CC1. The smallest absolute Gasteiger partial charge is 0.405 e. The molecule has 0 bridgehead atoms. The third-order valence-corrected chi connectivity index (χ3v) is 5.08. The molecule has 2 N–H and O–H groups in total. The molecule has 0 radical (unpaired) electrons. The minimum Gasteiger partial charge on any atom is -0.465 e. The van der Waals surface area contributed by atoms with E-state index in [2.05, 4.69) is 34.6 Å². The van der Waals surface area contributed by atoms with Crippen LogP contribution >= 0.6 is 0 Å². The molecule has 1 fully saturated rings. The van der Waals surface area contributed by atoms with Crippen molar-refractivity contribution in [2.24, 2.45) is 0 Å². The van der Waals surface area contributed by atoms with Crippen molar-refractivity contribution in [2.45, 2.75) is 31.6 Å². The van der Waals surface area contributed by atoms with E-state index in [0.29, 0.717) is 13.2 Å². The van der Waals surface area contributed by atoms with Crippen LogP contribution in [0, 0.1) is 0 Å². The van der Waals surface area contributed by atoms with Gasteiger partial charge in [-0.1, -0.05) is 54.6 Å². The number of carboxylic acid groups (broad SMARTS) is 1. The van der Waals surface area contributed by atoms with Gasteiger partial charge >= 0.3 is 6.09 Å². The summed E-state index contributed by atoms with van der Waals surface area (Å²) < 4.78 is 5.75. The van der Waals surface area contributed by atoms with Gasteiger partial charge < -0.3 is 15.2 Å². The Morgan fingerprint density at radius 3 is 2.18 bits per heavy atom. The van der Waals surface area contributed by atoms with Gasteiger partial charge in [-0.3, -0.25) is 4.98 Å². The molecule has 1 aromatic heterocycles. The van der Waals surface area contributed by atoms with Gasteiger partial charge in [-0.05, 0) is 46.7 Å². The first-order valence-corrected chi connectivity index (χ1v) is 9.32. The summed E-state index contributed by atoms with van der Waals surface area (Å²) in [4.78, 5) is 15.1. The summed E-state index contributed by atoms with van der Waals surface area (Å²) in [7, 11) is 0. The second-order valence-corrected chi connectivity index (χ2v) is 7.14. The number of rotatable bonds is 7. The van der Waals surface area contributed by atoms with E-state index in [1.807, 2.05) is 42.6 Å². The second-order valence-electron chi connectivity index (χ2n) is 7.14. The van der Waals surface area contributed by atoms with E-state index in [1.165, 1.54) is 0 Å². The first-order valence-electron chi connectivity index (χ1n) is 9.32. The number of hydrogen-bond acceptors (Lipinski definition) is 3. The molecule has 1 saturated carbocycles. The van der Waals surface area contributed by atoms with Gasteiger partial charge in [0.15, 0.2) is 0 Å². The van der Waals surface area contributed by atoms with Gasteiger partial charge in [0.25, 0.3) is 0 Å². The molecule has 5 heteroatoms. The summed E-state index contributed by atoms with van der Waals surface area (Å²) in [5, 5.41) is 11.7. The third kappa shape index (κ3) is 4.21. The zero-order chi connectivity index (χ0) is 19.4. The molecule has 0 aliphatic heterocycles. The van der Waals surface area contributed by atoms with E-state index in [4.69, 9.17) is 9.84 Å². The molecule has 1 aliphatic rings. The van der Waals surface area contributed by atoms with E-state index in [-0.39, 0.29) is 5.54 Å². The van der Waals surface area contributed by atoms with E-state index in [9.17, 15) is 4.79 Å². The Hall–Kier alpha value is -3.18. The molecule has 1 aliphatic carbocycles. The Morgan fingerprint density at radius 1 is 0.964 bits per heavy atom. The van der Waals surface area contributed by atoms with Crippen LogP contribution in [-0.2, 0) is 23.5 Å². The predicted octanol–water partition coefficient (Wildman–Crippen LogP) is 4.72. The molecule has 28 heavy (non-hydrogen) atoms. The van der Waals surface area contributed by atoms with Crippen molar-refractivity contribution >= 4 is 6.09 Å². The quantitative estimate of drug-likeness (QED) is 0.628. The highest BCUT2D eigenvalue weighted by atomic mass is 16.5. The normalized spacial score (nSPS) is 14.4. The van der Waals surface area contributed by atoms with E-state index in [1.54, 1.807) is 6.20 Å². The molecule has 2 aromatic carbocycles. The fraction of sp³-hybridized carbons (Fsp3) is 0.217. The number of ether oxygens (including phenoxy) is 1. The number of benzene rings is 2. The maximum atomic E-state index is 11.0. The maximum Gasteiger partial charge on any atom is 0.405 e. The van der Waals surface area contributed by atoms with Crippen molar-refractivity contribution in [3.05, 3.63) is 89.7 Å². The highest BCUT2D eigenvalue weighted by Crippen LogP contribution is 2.45. The number of aromatic nitrogens is 1. The van der Waals surface area contributed by atoms with Crippen LogP contribution in [0.4, 0.5) is 4.79 Å². The monoisotopic (exact) mass is 374 g/mol. The van der Waals surface area contributed by atoms with Gasteiger partial charge in [-0.15, -0.1) is 0 Å². The first kappa shape index (κ1) is 18.2. The number of carbonyl (C=O) groups is 1. The Morgan fingerprint density at radius 2 is 1.61 bits per heavy atom. The summed E-state index contributed by atoms with van der Waals surface area (Å²) in [5.74, 6) is 0. The van der Waals surface area contributed by atoms with Crippen LogP contribution in [0.25, 0.3) is 11.1 Å². The molecule has 142 valence electrons. The Balaban J connectivity index is 1.36. The lowest BCUT2D eigenvalue weighted by atomic mass is 9.99. The summed E-state index contributed by atoms with van der Waals surface area (Å²) >= 11 is 0. The molecule has 0 atom stereocenters. The molecule has 0 spiro atoms. The third-order valence-electron chi connectivity index (χ3n) is 5.08. The molecule has 0 unspecified atom stereocenters. The topological polar surface area (TPSA) is 71.5 Å². The number of nitrogens with one attached hydrogen (secondary N) is 1. The van der Waals surface area contributed by atoms with Crippen LogP contribution in [0.15, 0.2) is 73.1 Å². The van der Waals surface area contributed by atoms with Crippen LogP contribution < -0.4 is 5.32 Å². The molecule has 1 amide bonds. The Kier molecular flexibility index (Phi) is 5.08. The minimum absolute atomic E-state index is 0.389. The first-order chi connectivity index (χ1) is 13.6. The number of hydrogen-bond donors (Lipinski definition) is 2. The highest BCUT2D eigenvalue weighted by molar-refractivity contribution is 5.68. The molecular weight excluding hydrogens is 352 g/mol. The number of nitrogens with zero attached hydrogens (tertiary/aromatic N) is 1. The molecular formula is C23H22N2O3. The van der Waals surface area contributed by atoms with Gasteiger partial charge in [-0.25, -0.2) is 4.79 Å². The average Bonchev–Trinajstić information content (AvgIpc) is 3.49. The zero-order valence-electron chi connectivity index (χ0n) is 15.5. The van der Waals surface area contributed by atoms with Crippen molar-refractivity contribution in [1.82, 2.24) is 10.3 Å². The fourth-order valence-electron chi connectivity index (χ4n) is 3.36. The Labute approximate surface area is 164 Å². The molecule has 5 nitrogen and oxygen atoms in total. The summed E-state index contributed by atoms with van der Waals surface area (Å²) in [6.45, 7) is 1.10. The van der Waals surface area contributed by atoms with Crippen LogP contribution in [0.1, 0.15) is 29.5 Å². The van der Waals surface area contributed by atoms with Crippen molar-refractivity contribution in [3.8, 4) is 11.1 Å². The average molecular weight is 374 g/mol. The van der Waals surface area contributed by atoms with E-state index < -0.39 is 6.09 Å². The second kappa shape index (κ2) is 7.82. The summed E-state index contributed by atoms with van der Waals surface area (Å²) in [6, 6.07) is 20.3. The van der Waals surface area contributed by atoms with Crippen molar-refractivity contribution in [2.75, 3.05) is 0 Å². The molecule has 1 heterocycles. The molecule has 4 rings (SSSR count). The maximum absolute atomic E-state index is 11.0. The van der Waals surface area contributed by atoms with Crippen LogP contribution in [-0.4, -0.2) is 16.2 Å². The lowest BCUT2D eigenvalue weighted by molar-refractivity contribution is 0.107. The van der Waals surface area contributed by atoms with Gasteiger partial charge in [0.2, 0.25) is 0 Å². The predicted molar refractivity (Wildman–Crippen MR) is 107 cm³/mol. The van der Waals surface area contributed by atoms with E-state index in [0.717, 1.165) is 40.7 Å². The number of amides is 1. The zero-order valence-corrected chi connectivity index (χ0v) is 15.5. The van der Waals surface area contributed by atoms with Crippen molar-refractivity contribution < 1.29 is 14.6 Å². The lowest BCUT2D eigenvalue weighted by Gasteiger charge is -2.16. The van der Waals surface area contributed by atoms with Crippen molar-refractivity contribution in [3.63, 3.8) is 0 Å². The van der Waals surface area contributed by atoms with Gasteiger partial charge in [0.1, 0.15) is 0 Å². The Bertz CT molecular complexity index is 934. The fourth-order valence-corrected chi connectivity index (χ4v) is 3.36. The van der Waals surface area contributed by atoms with Gasteiger partial charge in [-0.2, -0.15) is 0 Å². The summed E-state index contributed by atoms with van der Waals surface area (Å²) in [6.07, 6.45) is 4.30. The standard InChI is InChI=1S/C23H22N2O3/c26-22(27)25-23(11-12-23)21-9-7-20(8-10-21)19-5-3-17(4-6-19)15-28-16-18-2-1-13-24-14-18/h1-10,13-14,25H,11-12,15-16H2,(H,26,27). The highest BCUT2D eigenvalue weighted by Gasteiger charge is 2.45. The summed E-state index contributed by atoms with van der Waals surface area (Å²) in [5.41, 5.74) is 5.05. The van der Waals surface area contributed by atoms with Gasteiger partial charge in [0, 0.05) is 12.4 Å². The van der Waals surface area contributed by atoms with Gasteiger partial charge in [0.05, 0.1) is 18.8 Å². The van der Waals surface area contributed by atoms with Crippen molar-refractivity contribution in [1.29, 1.82) is 0 Å². The van der Waals surface area contributed by atoms with Crippen LogP contribution in [0.5, 0.6) is 0 Å². The van der Waals surface area contributed by atoms with Crippen LogP contribution in [0.3, 0.4) is 0 Å². The van der Waals surface area contributed by atoms with Crippen LogP contribution in [0.2, 0.25) is 0 Å². The minimum atomic E-state index is -0.970. The lowest BCUT2D eigenvalue weighted by Crippen LogP contribution is -2.33. The molecule has 3 aromatic rings. The molecule has 0 saturated heterocycles.